The molecule has 1 aromatic carbocycles. The molecule has 0 aliphatic carbocycles. The summed E-state index contributed by atoms with van der Waals surface area (Å²) in [4.78, 5) is 0. The van der Waals surface area contributed by atoms with Gasteiger partial charge in [0.25, 0.3) is 0 Å². The number of nitrogens with zero attached hydrogens (tertiary/aromatic N) is 3. The Balaban J connectivity index is 2.24. The summed E-state index contributed by atoms with van der Waals surface area (Å²) in [7, 11) is 3.95. The van der Waals surface area contributed by atoms with E-state index in [4.69, 9.17) is 0 Å². The van der Waals surface area contributed by atoms with E-state index in [1.807, 2.05) is 20.3 Å². The summed E-state index contributed by atoms with van der Waals surface area (Å²) < 4.78 is 1.77. The third-order valence-corrected chi connectivity index (χ3v) is 4.32. The van der Waals surface area contributed by atoms with E-state index in [-0.39, 0.29) is 0 Å². The van der Waals surface area contributed by atoms with Crippen LogP contribution in [0.25, 0.3) is 0 Å². The van der Waals surface area contributed by atoms with Crippen LogP contribution in [0.2, 0.25) is 0 Å². The van der Waals surface area contributed by atoms with E-state index in [1.54, 1.807) is 4.68 Å². The highest BCUT2D eigenvalue weighted by Crippen LogP contribution is 2.31. The highest BCUT2D eigenvalue weighted by molar-refractivity contribution is 5.23. The molecule has 0 amide bonds. The Kier molecular flexibility index (Phi) is 5.51. The van der Waals surface area contributed by atoms with Crippen molar-refractivity contribution < 1.29 is 0 Å². The van der Waals surface area contributed by atoms with Crippen molar-refractivity contribution in [2.45, 2.75) is 38.6 Å². The zero-order valence-electron chi connectivity index (χ0n) is 13.5. The average Bonchev–Trinajstić information content (AvgIpc) is 2.92. The quantitative estimate of drug-likeness (QED) is 0.851. The highest BCUT2D eigenvalue weighted by Gasteiger charge is 2.27. The number of aryl methyl sites for hydroxylation is 1. The Morgan fingerprint density at radius 2 is 1.95 bits per heavy atom. The van der Waals surface area contributed by atoms with Crippen LogP contribution in [0, 0.1) is 5.92 Å². The van der Waals surface area contributed by atoms with Gasteiger partial charge in [0.2, 0.25) is 0 Å². The van der Waals surface area contributed by atoms with Crippen LogP contribution >= 0.6 is 0 Å². The number of hydrogen-bond acceptors (Lipinski definition) is 3. The minimum absolute atomic E-state index is 0.360. The Morgan fingerprint density at radius 1 is 1.24 bits per heavy atom. The Hall–Kier alpha value is -1.68. The first kappa shape index (κ1) is 15.7. The Labute approximate surface area is 127 Å². The van der Waals surface area contributed by atoms with Crippen molar-refractivity contribution in [2.24, 2.45) is 13.0 Å². The lowest BCUT2D eigenvalue weighted by molar-refractivity contribution is 0.344. The van der Waals surface area contributed by atoms with Gasteiger partial charge in [-0.15, -0.1) is 5.10 Å². The van der Waals surface area contributed by atoms with Crippen LogP contribution in [0.1, 0.15) is 37.4 Å². The van der Waals surface area contributed by atoms with Crippen LogP contribution < -0.4 is 5.32 Å². The Bertz CT molecular complexity index is 535. The molecule has 0 saturated carbocycles. The van der Waals surface area contributed by atoms with Gasteiger partial charge in [-0.05, 0) is 18.5 Å². The van der Waals surface area contributed by atoms with Gasteiger partial charge in [0.1, 0.15) is 0 Å². The molecule has 0 saturated heterocycles. The van der Waals surface area contributed by atoms with Gasteiger partial charge in [-0.3, -0.25) is 4.68 Å². The maximum atomic E-state index is 4.24. The van der Waals surface area contributed by atoms with Crippen LogP contribution in [0.4, 0.5) is 0 Å². The Morgan fingerprint density at radius 3 is 2.48 bits per heavy atom. The lowest BCUT2D eigenvalue weighted by Crippen LogP contribution is -2.37. The molecule has 1 aromatic heterocycles. The highest BCUT2D eigenvalue weighted by atomic mass is 15.4. The predicted molar refractivity (Wildman–Crippen MR) is 86.2 cm³/mol. The van der Waals surface area contributed by atoms with Gasteiger partial charge < -0.3 is 5.32 Å². The number of benzene rings is 1. The first-order valence-corrected chi connectivity index (χ1v) is 7.73. The molecule has 1 N–H and O–H groups in total. The molecule has 0 radical (unpaired) electrons. The summed E-state index contributed by atoms with van der Waals surface area (Å²) in [6.45, 7) is 4.59. The largest absolute Gasteiger partial charge is 0.316 e. The third kappa shape index (κ3) is 3.91. The summed E-state index contributed by atoms with van der Waals surface area (Å²) in [5, 5.41) is 11.8. The van der Waals surface area contributed by atoms with E-state index in [0.29, 0.717) is 17.9 Å². The first-order chi connectivity index (χ1) is 10.2. The molecule has 4 nitrogen and oxygen atoms in total. The summed E-state index contributed by atoms with van der Waals surface area (Å²) in [5.41, 5.74) is 2.44. The van der Waals surface area contributed by atoms with E-state index in [9.17, 15) is 0 Å². The molecular weight excluding hydrogens is 260 g/mol. The fourth-order valence-electron chi connectivity index (χ4n) is 3.01. The van der Waals surface area contributed by atoms with Crippen molar-refractivity contribution in [2.75, 3.05) is 7.05 Å². The first-order valence-electron chi connectivity index (χ1n) is 7.73. The van der Waals surface area contributed by atoms with Gasteiger partial charge in [0, 0.05) is 31.6 Å². The monoisotopic (exact) mass is 286 g/mol. The van der Waals surface area contributed by atoms with Gasteiger partial charge in [-0.1, -0.05) is 55.8 Å². The molecule has 21 heavy (non-hydrogen) atoms. The summed E-state index contributed by atoms with van der Waals surface area (Å²) in [5.74, 6) is 1.09. The van der Waals surface area contributed by atoms with Gasteiger partial charge in [-0.25, -0.2) is 0 Å². The second kappa shape index (κ2) is 7.36. The zero-order valence-corrected chi connectivity index (χ0v) is 13.5. The van der Waals surface area contributed by atoms with Gasteiger partial charge in [0.15, 0.2) is 0 Å². The fraction of sp³-hybridized carbons (Fsp3) is 0.529. The molecule has 2 aromatic rings. The number of aromatic nitrogens is 3. The van der Waals surface area contributed by atoms with E-state index >= 15 is 0 Å². The van der Waals surface area contributed by atoms with E-state index in [1.165, 1.54) is 5.56 Å². The number of rotatable bonds is 7. The van der Waals surface area contributed by atoms with Gasteiger partial charge >= 0.3 is 0 Å². The second-order valence-electron chi connectivity index (χ2n) is 5.80. The second-order valence-corrected chi connectivity index (χ2v) is 5.80. The molecule has 2 rings (SSSR count). The fourth-order valence-corrected chi connectivity index (χ4v) is 3.01. The third-order valence-electron chi connectivity index (χ3n) is 4.32. The minimum Gasteiger partial charge on any atom is -0.316 e. The summed E-state index contributed by atoms with van der Waals surface area (Å²) in [6, 6.07) is 11.2. The van der Waals surface area contributed by atoms with Crippen molar-refractivity contribution in [3.05, 3.63) is 47.8 Å². The van der Waals surface area contributed by atoms with Crippen molar-refractivity contribution in [3.63, 3.8) is 0 Å². The van der Waals surface area contributed by atoms with Crippen LogP contribution in [0.5, 0.6) is 0 Å². The SMILES string of the molecule is CCC(C)C(c1ccccc1)C(Cc1cn(C)nn1)NC. The summed E-state index contributed by atoms with van der Waals surface area (Å²) >= 11 is 0. The zero-order chi connectivity index (χ0) is 15.2. The standard InChI is InChI=1S/C17H26N4/c1-5-13(2)17(14-9-7-6-8-10-14)16(18-3)11-15-12-21(4)20-19-15/h6-10,12-13,16-18H,5,11H2,1-4H3. The molecular formula is C17H26N4. The molecule has 3 unspecified atom stereocenters. The molecule has 114 valence electrons. The normalized spacial score (nSPS) is 15.6. The van der Waals surface area contributed by atoms with Crippen LogP contribution in [0.3, 0.4) is 0 Å². The lowest BCUT2D eigenvalue weighted by Gasteiger charge is -2.31. The van der Waals surface area contributed by atoms with E-state index < -0.39 is 0 Å². The molecule has 1 heterocycles. The number of likely N-dealkylation sites (N-methyl/N-ethyl adjacent to an activating group) is 1. The van der Waals surface area contributed by atoms with Crippen molar-refractivity contribution in [1.29, 1.82) is 0 Å². The van der Waals surface area contributed by atoms with Gasteiger partial charge in [0.05, 0.1) is 5.69 Å². The molecule has 0 fully saturated rings. The number of hydrogen-bond donors (Lipinski definition) is 1. The van der Waals surface area contributed by atoms with Crippen molar-refractivity contribution >= 4 is 0 Å². The van der Waals surface area contributed by atoms with Gasteiger partial charge in [-0.2, -0.15) is 0 Å². The maximum absolute atomic E-state index is 4.24. The van der Waals surface area contributed by atoms with Crippen molar-refractivity contribution in [1.82, 2.24) is 20.3 Å². The molecule has 0 bridgehead atoms. The number of nitrogens with one attached hydrogen (secondary N) is 1. The predicted octanol–water partition coefficient (Wildman–Crippen LogP) is 2.78. The smallest absolute Gasteiger partial charge is 0.0842 e. The lowest BCUT2D eigenvalue weighted by atomic mass is 9.78. The van der Waals surface area contributed by atoms with Crippen molar-refractivity contribution in [3.8, 4) is 0 Å². The summed E-state index contributed by atoms with van der Waals surface area (Å²) in [6.07, 6.45) is 4.06. The van der Waals surface area contributed by atoms with Crippen LogP contribution in [-0.2, 0) is 13.5 Å². The molecule has 3 atom stereocenters. The maximum Gasteiger partial charge on any atom is 0.0842 e. The van der Waals surface area contributed by atoms with Crippen LogP contribution in [-0.4, -0.2) is 28.1 Å². The van der Waals surface area contributed by atoms with E-state index in [2.05, 4.69) is 59.8 Å². The molecule has 4 heteroatoms. The molecule has 0 aliphatic heterocycles. The van der Waals surface area contributed by atoms with Crippen LogP contribution in [0.15, 0.2) is 36.5 Å². The topological polar surface area (TPSA) is 42.7 Å². The molecule has 0 aliphatic rings. The minimum atomic E-state index is 0.360. The molecule has 0 spiro atoms. The van der Waals surface area contributed by atoms with E-state index in [0.717, 1.165) is 18.5 Å². The average molecular weight is 286 g/mol.